The Hall–Kier alpha value is -2.56. The first-order valence-electron chi connectivity index (χ1n) is 10.5. The third-order valence-electron chi connectivity index (χ3n) is 4.51. The van der Waals surface area contributed by atoms with Gasteiger partial charge >= 0.3 is 0 Å². The number of hydrogen-bond acceptors (Lipinski definition) is 5. The molecule has 0 saturated carbocycles. The summed E-state index contributed by atoms with van der Waals surface area (Å²) in [5.41, 5.74) is 0.964. The number of ether oxygens (including phenoxy) is 2. The molecule has 2 N–H and O–H groups in total. The second kappa shape index (κ2) is 15.3. The van der Waals surface area contributed by atoms with Gasteiger partial charge in [-0.15, -0.1) is 24.0 Å². The molecule has 2 aromatic rings. The summed E-state index contributed by atoms with van der Waals surface area (Å²) < 4.78 is 11.1. The smallest absolute Gasteiger partial charge is 0.244 e. The molecule has 1 amide bonds. The van der Waals surface area contributed by atoms with Crippen LogP contribution >= 0.6 is 24.0 Å². The van der Waals surface area contributed by atoms with Gasteiger partial charge in [-0.2, -0.15) is 0 Å². The minimum atomic E-state index is -0.104. The van der Waals surface area contributed by atoms with Crippen LogP contribution in [-0.2, 0) is 11.2 Å². The molecule has 0 radical (unpaired) electrons. The highest BCUT2D eigenvalue weighted by molar-refractivity contribution is 14.0. The van der Waals surface area contributed by atoms with Crippen molar-refractivity contribution < 1.29 is 14.3 Å². The summed E-state index contributed by atoms with van der Waals surface area (Å²) in [4.78, 5) is 22.8. The van der Waals surface area contributed by atoms with E-state index < -0.39 is 0 Å². The molecule has 1 unspecified atom stereocenters. The molecule has 0 aliphatic carbocycles. The van der Waals surface area contributed by atoms with Crippen LogP contribution in [0.5, 0.6) is 11.5 Å². The van der Waals surface area contributed by atoms with Crippen LogP contribution in [0.2, 0.25) is 0 Å². The second-order valence-electron chi connectivity index (χ2n) is 7.07. The zero-order chi connectivity index (χ0) is 22.5. The molecule has 1 aromatic heterocycles. The van der Waals surface area contributed by atoms with Gasteiger partial charge in [-0.05, 0) is 38.1 Å². The summed E-state index contributed by atoms with van der Waals surface area (Å²) in [6, 6.07) is 13.3. The van der Waals surface area contributed by atoms with Gasteiger partial charge in [-0.3, -0.25) is 9.78 Å². The summed E-state index contributed by atoms with van der Waals surface area (Å²) in [7, 11) is 3.41. The van der Waals surface area contributed by atoms with E-state index >= 15 is 0 Å². The number of nitrogens with one attached hydrogen (secondary N) is 2. The van der Waals surface area contributed by atoms with Crippen LogP contribution in [-0.4, -0.2) is 68.2 Å². The van der Waals surface area contributed by atoms with Crippen LogP contribution in [0.4, 0.5) is 0 Å². The Kier molecular flexibility index (Phi) is 13.1. The first-order valence-corrected chi connectivity index (χ1v) is 10.5. The molecular weight excluding hydrogens is 521 g/mol. The number of hydrogen-bond donors (Lipinski definition) is 2. The third kappa shape index (κ3) is 10.2. The van der Waals surface area contributed by atoms with E-state index in [0.29, 0.717) is 32.0 Å². The maximum atomic E-state index is 12.4. The van der Waals surface area contributed by atoms with Crippen molar-refractivity contribution >= 4 is 35.8 Å². The number of carbonyl (C=O) groups is 1. The minimum absolute atomic E-state index is 0. The van der Waals surface area contributed by atoms with Crippen molar-refractivity contribution in [1.29, 1.82) is 0 Å². The molecule has 0 aliphatic heterocycles. The Balaban J connectivity index is 0.00000512. The fourth-order valence-electron chi connectivity index (χ4n) is 2.75. The number of guanidine groups is 1. The van der Waals surface area contributed by atoms with Gasteiger partial charge in [0.2, 0.25) is 5.91 Å². The fraction of sp³-hybridized carbons (Fsp3) is 0.435. The van der Waals surface area contributed by atoms with Crippen LogP contribution < -0.4 is 20.1 Å². The van der Waals surface area contributed by atoms with Crippen LogP contribution in [0, 0.1) is 0 Å². The number of aromatic nitrogens is 1. The minimum Gasteiger partial charge on any atom is -0.497 e. The monoisotopic (exact) mass is 555 g/mol. The summed E-state index contributed by atoms with van der Waals surface area (Å²) in [6.07, 6.45) is 2.37. The second-order valence-corrected chi connectivity index (χ2v) is 7.07. The number of likely N-dealkylation sites (N-methyl/N-ethyl adjacent to an activating group) is 1. The number of amides is 1. The average molecular weight is 555 g/mol. The number of carbonyl (C=O) groups excluding carboxylic acids is 1. The van der Waals surface area contributed by atoms with Gasteiger partial charge < -0.3 is 25.0 Å². The molecule has 0 aliphatic rings. The van der Waals surface area contributed by atoms with E-state index in [1.807, 2.05) is 56.3 Å². The van der Waals surface area contributed by atoms with Gasteiger partial charge in [0.05, 0.1) is 13.7 Å². The molecule has 1 atom stereocenters. The van der Waals surface area contributed by atoms with Crippen LogP contribution in [0.25, 0.3) is 0 Å². The lowest BCUT2D eigenvalue weighted by molar-refractivity contribution is -0.128. The van der Waals surface area contributed by atoms with Gasteiger partial charge in [0.15, 0.2) is 5.96 Å². The average Bonchev–Trinajstić information content (AvgIpc) is 2.79. The molecule has 0 saturated heterocycles. The Bertz CT molecular complexity index is 835. The van der Waals surface area contributed by atoms with Crippen molar-refractivity contribution in [3.8, 4) is 11.5 Å². The number of nitrogens with zero attached hydrogens (tertiary/aromatic N) is 3. The van der Waals surface area contributed by atoms with E-state index in [-0.39, 0.29) is 42.5 Å². The molecule has 0 fully saturated rings. The van der Waals surface area contributed by atoms with E-state index in [0.717, 1.165) is 17.2 Å². The maximum absolute atomic E-state index is 12.4. The van der Waals surface area contributed by atoms with Crippen molar-refractivity contribution in [2.75, 3.05) is 40.3 Å². The SMILES string of the molecule is CCNC(=NCC(=O)N(C)CCc1ccccn1)NCC(C)Oc1cccc(OC)c1.I. The molecule has 8 nitrogen and oxygen atoms in total. The normalized spacial score (nSPS) is 11.7. The molecule has 32 heavy (non-hydrogen) atoms. The van der Waals surface area contributed by atoms with Crippen molar-refractivity contribution in [2.45, 2.75) is 26.4 Å². The lowest BCUT2D eigenvalue weighted by Gasteiger charge is -2.19. The van der Waals surface area contributed by atoms with Gasteiger partial charge in [0, 0.05) is 44.5 Å². The largest absolute Gasteiger partial charge is 0.497 e. The van der Waals surface area contributed by atoms with E-state index in [1.165, 1.54) is 0 Å². The molecule has 0 bridgehead atoms. The lowest BCUT2D eigenvalue weighted by atomic mass is 10.2. The summed E-state index contributed by atoms with van der Waals surface area (Å²) in [5, 5.41) is 6.38. The number of pyridine rings is 1. The number of halogens is 1. The molecule has 1 aromatic carbocycles. The van der Waals surface area contributed by atoms with Crippen molar-refractivity contribution in [3.05, 3.63) is 54.4 Å². The molecule has 176 valence electrons. The third-order valence-corrected chi connectivity index (χ3v) is 4.51. The predicted octanol–water partition coefficient (Wildman–Crippen LogP) is 2.73. The lowest BCUT2D eigenvalue weighted by Crippen LogP contribution is -2.42. The summed E-state index contributed by atoms with van der Waals surface area (Å²) >= 11 is 0. The standard InChI is InChI=1S/C23H33N5O3.HI/c1-5-24-23(26-16-18(2)31-21-11-8-10-20(15-21)30-4)27-17-22(29)28(3)14-12-19-9-6-7-13-25-19;/h6-11,13,15,18H,5,12,14,16-17H2,1-4H3,(H2,24,26,27);1H. The number of aliphatic imine (C=N–C) groups is 1. The highest BCUT2D eigenvalue weighted by Crippen LogP contribution is 2.19. The van der Waals surface area contributed by atoms with E-state index in [1.54, 1.807) is 25.3 Å². The van der Waals surface area contributed by atoms with Crippen molar-refractivity contribution in [1.82, 2.24) is 20.5 Å². The Labute approximate surface area is 207 Å². The van der Waals surface area contributed by atoms with Crippen molar-refractivity contribution in [3.63, 3.8) is 0 Å². The highest BCUT2D eigenvalue weighted by atomic mass is 127. The molecule has 2 rings (SSSR count). The van der Waals surface area contributed by atoms with Crippen LogP contribution in [0.1, 0.15) is 19.5 Å². The maximum Gasteiger partial charge on any atom is 0.244 e. The zero-order valence-electron chi connectivity index (χ0n) is 19.2. The molecule has 0 spiro atoms. The fourth-order valence-corrected chi connectivity index (χ4v) is 2.75. The van der Waals surface area contributed by atoms with E-state index in [9.17, 15) is 4.79 Å². The number of benzene rings is 1. The van der Waals surface area contributed by atoms with Gasteiger partial charge in [0.25, 0.3) is 0 Å². The number of methoxy groups -OCH3 is 1. The molecule has 1 heterocycles. The first kappa shape index (κ1) is 27.5. The predicted molar refractivity (Wildman–Crippen MR) is 138 cm³/mol. The van der Waals surface area contributed by atoms with Crippen LogP contribution in [0.15, 0.2) is 53.7 Å². The molecule has 9 heteroatoms. The quantitative estimate of drug-likeness (QED) is 0.252. The topological polar surface area (TPSA) is 88.1 Å². The van der Waals surface area contributed by atoms with E-state index in [4.69, 9.17) is 9.47 Å². The van der Waals surface area contributed by atoms with Crippen LogP contribution in [0.3, 0.4) is 0 Å². The zero-order valence-corrected chi connectivity index (χ0v) is 21.5. The molecular formula is C23H34IN5O3. The Morgan fingerprint density at radius 3 is 2.66 bits per heavy atom. The van der Waals surface area contributed by atoms with Gasteiger partial charge in [0.1, 0.15) is 24.1 Å². The van der Waals surface area contributed by atoms with Crippen molar-refractivity contribution in [2.24, 2.45) is 4.99 Å². The van der Waals surface area contributed by atoms with E-state index in [2.05, 4.69) is 20.6 Å². The Morgan fingerprint density at radius 2 is 1.97 bits per heavy atom. The number of rotatable bonds is 11. The highest BCUT2D eigenvalue weighted by Gasteiger charge is 2.10. The van der Waals surface area contributed by atoms with Gasteiger partial charge in [-0.25, -0.2) is 4.99 Å². The Morgan fingerprint density at radius 1 is 1.19 bits per heavy atom. The summed E-state index contributed by atoms with van der Waals surface area (Å²) in [6.45, 7) is 5.84. The first-order chi connectivity index (χ1) is 15.0. The van der Waals surface area contributed by atoms with Gasteiger partial charge in [-0.1, -0.05) is 12.1 Å². The summed E-state index contributed by atoms with van der Waals surface area (Å²) in [5.74, 6) is 2.02.